The molecule has 1 aliphatic heterocycles. The molecule has 3 rings (SSSR count). The fourth-order valence-corrected chi connectivity index (χ4v) is 5.64. The summed E-state index contributed by atoms with van der Waals surface area (Å²) in [5, 5.41) is 2.89. The lowest BCUT2D eigenvalue weighted by molar-refractivity contribution is 0.102. The first-order valence-corrected chi connectivity index (χ1v) is 11.4. The first kappa shape index (κ1) is 22.5. The second-order valence-corrected chi connectivity index (χ2v) is 10.1. The van der Waals surface area contributed by atoms with Crippen LogP contribution >= 0.6 is 11.6 Å². The minimum Gasteiger partial charge on any atom is -0.495 e. The molecule has 1 amide bonds. The molecule has 0 radical (unpaired) electrons. The second-order valence-electron chi connectivity index (χ2n) is 7.71. The zero-order valence-electron chi connectivity index (χ0n) is 17.0. The molecule has 1 heterocycles. The number of piperidine rings is 1. The summed E-state index contributed by atoms with van der Waals surface area (Å²) in [5.74, 6) is -0.837. The van der Waals surface area contributed by atoms with E-state index in [0.29, 0.717) is 23.9 Å². The number of amides is 1. The molecule has 6 nitrogen and oxygen atoms in total. The van der Waals surface area contributed by atoms with Gasteiger partial charge in [0.15, 0.2) is 0 Å². The number of carbonyl (C=O) groups excluding carboxylic acids is 1. The first-order chi connectivity index (χ1) is 14.1. The normalized spacial score (nSPS) is 20.0. The molecule has 1 fully saturated rings. The number of nitrogens with one attached hydrogen (secondary N) is 1. The molecule has 0 saturated carbocycles. The molecule has 1 saturated heterocycles. The van der Waals surface area contributed by atoms with Gasteiger partial charge in [-0.15, -0.1) is 0 Å². The summed E-state index contributed by atoms with van der Waals surface area (Å²) in [7, 11) is -2.43. The van der Waals surface area contributed by atoms with Gasteiger partial charge in [-0.1, -0.05) is 25.4 Å². The monoisotopic (exact) mass is 454 g/mol. The van der Waals surface area contributed by atoms with E-state index in [1.54, 1.807) is 12.1 Å². The van der Waals surface area contributed by atoms with Crippen molar-refractivity contribution >= 4 is 33.2 Å². The predicted octanol–water partition coefficient (Wildman–Crippen LogP) is 4.41. The lowest BCUT2D eigenvalue weighted by Gasteiger charge is -2.34. The highest BCUT2D eigenvalue weighted by molar-refractivity contribution is 7.89. The number of anilines is 1. The summed E-state index contributed by atoms with van der Waals surface area (Å²) < 4.78 is 47.2. The molecular weight excluding hydrogens is 431 g/mol. The largest absolute Gasteiger partial charge is 0.495 e. The van der Waals surface area contributed by atoms with Crippen LogP contribution in [0.4, 0.5) is 10.1 Å². The maximum atomic E-state index is 14.4. The van der Waals surface area contributed by atoms with Crippen molar-refractivity contribution in [2.24, 2.45) is 11.8 Å². The minimum atomic E-state index is -3.85. The Kier molecular flexibility index (Phi) is 6.69. The molecule has 0 spiro atoms. The van der Waals surface area contributed by atoms with E-state index in [-0.39, 0.29) is 28.0 Å². The smallest absolute Gasteiger partial charge is 0.258 e. The average molecular weight is 455 g/mol. The van der Waals surface area contributed by atoms with E-state index in [9.17, 15) is 17.6 Å². The number of halogens is 2. The summed E-state index contributed by atoms with van der Waals surface area (Å²) in [6.45, 7) is 4.79. The fourth-order valence-electron chi connectivity index (χ4n) is 3.76. The molecule has 2 aromatic rings. The van der Waals surface area contributed by atoms with Gasteiger partial charge in [0.25, 0.3) is 5.91 Å². The van der Waals surface area contributed by atoms with E-state index in [0.717, 1.165) is 18.6 Å². The van der Waals surface area contributed by atoms with Crippen LogP contribution in [-0.2, 0) is 10.0 Å². The fraction of sp³-hybridized carbons (Fsp3) is 0.381. The Morgan fingerprint density at radius 1 is 1.17 bits per heavy atom. The molecule has 2 aromatic carbocycles. The third-order valence-electron chi connectivity index (χ3n) is 5.07. The topological polar surface area (TPSA) is 75.7 Å². The van der Waals surface area contributed by atoms with Crippen LogP contribution in [0.1, 0.15) is 30.6 Å². The van der Waals surface area contributed by atoms with Gasteiger partial charge in [-0.2, -0.15) is 4.31 Å². The van der Waals surface area contributed by atoms with Gasteiger partial charge >= 0.3 is 0 Å². The summed E-state index contributed by atoms with van der Waals surface area (Å²) in [5.41, 5.74) is -0.127. The lowest BCUT2D eigenvalue weighted by Crippen LogP contribution is -2.42. The summed E-state index contributed by atoms with van der Waals surface area (Å²) in [6.07, 6.45) is 0.949. The summed E-state index contributed by atoms with van der Waals surface area (Å²) in [4.78, 5) is 12.6. The van der Waals surface area contributed by atoms with Crippen molar-refractivity contribution in [3.05, 3.63) is 52.8 Å². The van der Waals surface area contributed by atoms with Crippen molar-refractivity contribution in [2.75, 3.05) is 25.5 Å². The molecular formula is C21H24ClFN2O4S. The number of benzene rings is 2. The quantitative estimate of drug-likeness (QED) is 0.726. The van der Waals surface area contributed by atoms with E-state index in [4.69, 9.17) is 16.3 Å². The van der Waals surface area contributed by atoms with Gasteiger partial charge in [0.2, 0.25) is 10.0 Å². The number of sulfonamides is 1. The Labute approximate surface area is 181 Å². The van der Waals surface area contributed by atoms with Gasteiger partial charge in [-0.3, -0.25) is 4.79 Å². The molecule has 0 bridgehead atoms. The number of ether oxygens (including phenoxy) is 1. The molecule has 1 N–H and O–H groups in total. The van der Waals surface area contributed by atoms with Crippen LogP contribution in [0.25, 0.3) is 0 Å². The Balaban J connectivity index is 1.92. The Morgan fingerprint density at radius 2 is 1.83 bits per heavy atom. The first-order valence-electron chi connectivity index (χ1n) is 9.56. The number of hydrogen-bond donors (Lipinski definition) is 1. The second kappa shape index (κ2) is 8.91. The molecule has 1 aliphatic rings. The third-order valence-corrected chi connectivity index (χ3v) is 7.13. The Morgan fingerprint density at radius 3 is 2.47 bits per heavy atom. The molecule has 30 heavy (non-hydrogen) atoms. The minimum absolute atomic E-state index is 0.117. The third kappa shape index (κ3) is 4.77. The Bertz CT molecular complexity index is 1050. The van der Waals surface area contributed by atoms with E-state index in [1.165, 1.54) is 23.5 Å². The van der Waals surface area contributed by atoms with Crippen LogP contribution in [0.15, 0.2) is 41.3 Å². The maximum absolute atomic E-state index is 14.4. The highest BCUT2D eigenvalue weighted by Gasteiger charge is 2.32. The van der Waals surface area contributed by atoms with Gasteiger partial charge in [-0.05, 0) is 54.7 Å². The van der Waals surface area contributed by atoms with Crippen molar-refractivity contribution in [1.29, 1.82) is 0 Å². The number of carbonyl (C=O) groups is 1. The number of rotatable bonds is 5. The summed E-state index contributed by atoms with van der Waals surface area (Å²) in [6, 6.07) is 7.87. The van der Waals surface area contributed by atoms with Crippen LogP contribution < -0.4 is 10.1 Å². The van der Waals surface area contributed by atoms with Crippen LogP contribution in [0.2, 0.25) is 5.02 Å². The molecule has 0 aliphatic carbocycles. The SMILES string of the molecule is COc1ccc(Cl)cc1NC(=O)c1cc(S(=O)(=O)N2C[C@@H](C)C[C@H](C)C2)ccc1F. The number of methoxy groups -OCH3 is 1. The van der Waals surface area contributed by atoms with Gasteiger partial charge < -0.3 is 10.1 Å². The van der Waals surface area contributed by atoms with E-state index in [1.807, 2.05) is 13.8 Å². The van der Waals surface area contributed by atoms with Crippen molar-refractivity contribution in [3.8, 4) is 5.75 Å². The van der Waals surface area contributed by atoms with E-state index < -0.39 is 21.7 Å². The molecule has 2 atom stereocenters. The summed E-state index contributed by atoms with van der Waals surface area (Å²) >= 11 is 5.96. The molecule has 9 heteroatoms. The lowest BCUT2D eigenvalue weighted by atomic mass is 9.94. The van der Waals surface area contributed by atoms with E-state index >= 15 is 0 Å². The van der Waals surface area contributed by atoms with Gasteiger partial charge in [0, 0.05) is 18.1 Å². The van der Waals surface area contributed by atoms with E-state index in [2.05, 4.69) is 5.32 Å². The van der Waals surface area contributed by atoms with Crippen LogP contribution in [0.5, 0.6) is 5.75 Å². The van der Waals surface area contributed by atoms with Gasteiger partial charge in [0.05, 0.1) is 23.3 Å². The van der Waals surface area contributed by atoms with Crippen LogP contribution in [-0.4, -0.2) is 38.8 Å². The molecule has 162 valence electrons. The van der Waals surface area contributed by atoms with Crippen molar-refractivity contribution in [2.45, 2.75) is 25.2 Å². The van der Waals surface area contributed by atoms with Gasteiger partial charge in [0.1, 0.15) is 11.6 Å². The van der Waals surface area contributed by atoms with Crippen molar-refractivity contribution < 1.29 is 22.3 Å². The highest BCUT2D eigenvalue weighted by atomic mass is 35.5. The standard InChI is InChI=1S/C21H24ClFN2O4S/c1-13-8-14(2)12-25(11-13)30(27,28)16-5-6-18(23)17(10-16)21(26)24-19-9-15(22)4-7-20(19)29-3/h4-7,9-10,13-14H,8,11-12H2,1-3H3,(H,24,26)/t13-,14-/m0/s1. The number of nitrogens with zero attached hydrogens (tertiary/aromatic N) is 1. The Hall–Kier alpha value is -2.16. The maximum Gasteiger partial charge on any atom is 0.258 e. The number of hydrogen-bond acceptors (Lipinski definition) is 4. The van der Waals surface area contributed by atoms with Crippen LogP contribution in [0.3, 0.4) is 0 Å². The average Bonchev–Trinajstić information content (AvgIpc) is 2.67. The van der Waals surface area contributed by atoms with Gasteiger partial charge in [-0.25, -0.2) is 12.8 Å². The molecule has 0 aromatic heterocycles. The van der Waals surface area contributed by atoms with Crippen molar-refractivity contribution in [1.82, 2.24) is 4.31 Å². The predicted molar refractivity (Wildman–Crippen MR) is 114 cm³/mol. The van der Waals surface area contributed by atoms with Crippen LogP contribution in [0, 0.1) is 17.7 Å². The zero-order valence-corrected chi connectivity index (χ0v) is 18.6. The molecule has 0 unspecified atom stereocenters. The highest BCUT2D eigenvalue weighted by Crippen LogP contribution is 2.30. The van der Waals surface area contributed by atoms with Crippen molar-refractivity contribution in [3.63, 3.8) is 0 Å². The zero-order chi connectivity index (χ0) is 22.1.